The Labute approximate surface area is 151 Å². The molecule has 0 aliphatic heterocycles. The minimum atomic E-state index is 0.0556. The molecule has 0 spiro atoms. The number of benzene rings is 2. The summed E-state index contributed by atoms with van der Waals surface area (Å²) in [6.45, 7) is 2.08. The minimum absolute atomic E-state index is 0.0556. The molecule has 0 bridgehead atoms. The Hall–Kier alpha value is -3.15. The maximum absolute atomic E-state index is 12.1. The van der Waals surface area contributed by atoms with Crippen molar-refractivity contribution in [3.63, 3.8) is 0 Å². The van der Waals surface area contributed by atoms with Crippen LogP contribution in [-0.4, -0.2) is 31.8 Å². The largest absolute Gasteiger partial charge is 0.356 e. The Bertz CT molecular complexity index is 1030. The van der Waals surface area contributed by atoms with Crippen molar-refractivity contribution in [2.75, 3.05) is 6.54 Å². The highest BCUT2D eigenvalue weighted by molar-refractivity contribution is 5.79. The average molecular weight is 347 g/mol. The van der Waals surface area contributed by atoms with Crippen molar-refractivity contribution in [3.8, 4) is 0 Å². The van der Waals surface area contributed by atoms with E-state index >= 15 is 0 Å². The van der Waals surface area contributed by atoms with Gasteiger partial charge in [-0.25, -0.2) is 4.98 Å². The number of aromatic nitrogens is 4. The van der Waals surface area contributed by atoms with Crippen LogP contribution in [0, 0.1) is 0 Å². The number of nitrogens with zero attached hydrogens (tertiary/aromatic N) is 4. The number of para-hydroxylation sites is 3. The number of rotatable bonds is 7. The van der Waals surface area contributed by atoms with Gasteiger partial charge in [0, 0.05) is 24.9 Å². The normalized spacial score (nSPS) is 11.2. The van der Waals surface area contributed by atoms with Gasteiger partial charge in [0.25, 0.3) is 0 Å². The molecule has 2 aromatic heterocycles. The molecule has 0 saturated heterocycles. The van der Waals surface area contributed by atoms with Gasteiger partial charge in [-0.3, -0.25) is 9.48 Å². The monoisotopic (exact) mass is 347 g/mol. The van der Waals surface area contributed by atoms with Crippen LogP contribution in [-0.2, 0) is 17.9 Å². The predicted molar refractivity (Wildman–Crippen MR) is 102 cm³/mol. The number of carbonyl (C=O) groups excluding carboxylic acids is 1. The van der Waals surface area contributed by atoms with Crippen molar-refractivity contribution in [2.24, 2.45) is 0 Å². The van der Waals surface area contributed by atoms with E-state index in [9.17, 15) is 4.79 Å². The van der Waals surface area contributed by atoms with E-state index in [1.807, 2.05) is 59.7 Å². The second-order valence-corrected chi connectivity index (χ2v) is 6.31. The molecule has 0 aliphatic carbocycles. The molecule has 6 nitrogen and oxygen atoms in total. The number of nitrogens with one attached hydrogen (secondary N) is 1. The number of fused-ring (bicyclic) bond motifs is 2. The van der Waals surface area contributed by atoms with Gasteiger partial charge in [0.1, 0.15) is 0 Å². The third-order valence-electron chi connectivity index (χ3n) is 4.53. The van der Waals surface area contributed by atoms with Crippen LogP contribution in [0.4, 0.5) is 0 Å². The lowest BCUT2D eigenvalue weighted by Crippen LogP contribution is -2.26. The molecular weight excluding hydrogens is 326 g/mol. The van der Waals surface area contributed by atoms with Gasteiger partial charge in [0.15, 0.2) is 0 Å². The van der Waals surface area contributed by atoms with Crippen LogP contribution in [0.15, 0.2) is 61.1 Å². The molecule has 0 fully saturated rings. The summed E-state index contributed by atoms with van der Waals surface area (Å²) >= 11 is 0. The average Bonchev–Trinajstić information content (AvgIpc) is 3.28. The summed E-state index contributed by atoms with van der Waals surface area (Å²) < 4.78 is 4.00. The van der Waals surface area contributed by atoms with Crippen LogP contribution >= 0.6 is 0 Å². The molecule has 0 atom stereocenters. The summed E-state index contributed by atoms with van der Waals surface area (Å²) in [5.74, 6) is 0.0556. The first kappa shape index (κ1) is 16.3. The van der Waals surface area contributed by atoms with E-state index in [-0.39, 0.29) is 5.91 Å². The van der Waals surface area contributed by atoms with Crippen LogP contribution in [0.1, 0.15) is 12.8 Å². The molecule has 132 valence electrons. The Morgan fingerprint density at radius 1 is 1.00 bits per heavy atom. The number of aryl methyl sites for hydroxylation is 2. The summed E-state index contributed by atoms with van der Waals surface area (Å²) in [4.78, 5) is 16.5. The first-order valence-electron chi connectivity index (χ1n) is 8.88. The smallest absolute Gasteiger partial charge is 0.221 e. The molecule has 2 aromatic carbocycles. The first-order valence-corrected chi connectivity index (χ1v) is 8.88. The molecule has 26 heavy (non-hydrogen) atoms. The summed E-state index contributed by atoms with van der Waals surface area (Å²) in [7, 11) is 0. The van der Waals surface area contributed by atoms with E-state index in [1.165, 1.54) is 0 Å². The van der Waals surface area contributed by atoms with E-state index in [4.69, 9.17) is 0 Å². The Kier molecular flexibility index (Phi) is 4.64. The zero-order valence-electron chi connectivity index (χ0n) is 14.5. The Morgan fingerprint density at radius 2 is 1.81 bits per heavy atom. The molecule has 2 heterocycles. The highest BCUT2D eigenvalue weighted by Gasteiger charge is 2.06. The van der Waals surface area contributed by atoms with Crippen molar-refractivity contribution < 1.29 is 4.79 Å². The zero-order valence-corrected chi connectivity index (χ0v) is 14.5. The topological polar surface area (TPSA) is 64.7 Å². The van der Waals surface area contributed by atoms with Gasteiger partial charge in [-0.2, -0.15) is 5.10 Å². The van der Waals surface area contributed by atoms with Gasteiger partial charge in [0.2, 0.25) is 5.91 Å². The highest BCUT2D eigenvalue weighted by Crippen LogP contribution is 2.13. The lowest BCUT2D eigenvalue weighted by molar-refractivity contribution is -0.121. The third kappa shape index (κ3) is 3.44. The fourth-order valence-electron chi connectivity index (χ4n) is 3.17. The van der Waals surface area contributed by atoms with Crippen LogP contribution in [0.2, 0.25) is 0 Å². The molecule has 4 aromatic rings. The maximum Gasteiger partial charge on any atom is 0.221 e. The van der Waals surface area contributed by atoms with Crippen LogP contribution in [0.3, 0.4) is 0 Å². The lowest BCUT2D eigenvalue weighted by atomic mass is 10.2. The second kappa shape index (κ2) is 7.39. The van der Waals surface area contributed by atoms with Crippen molar-refractivity contribution in [3.05, 3.63) is 61.1 Å². The summed E-state index contributed by atoms with van der Waals surface area (Å²) in [6, 6.07) is 16.1. The Balaban J connectivity index is 1.23. The number of amides is 1. The van der Waals surface area contributed by atoms with Crippen LogP contribution in [0.5, 0.6) is 0 Å². The molecule has 0 unspecified atom stereocenters. The summed E-state index contributed by atoms with van der Waals surface area (Å²) in [6.07, 6.45) is 4.99. The predicted octanol–water partition coefficient (Wildman–Crippen LogP) is 2.98. The quantitative estimate of drug-likeness (QED) is 0.523. The lowest BCUT2D eigenvalue weighted by Gasteiger charge is -2.07. The SMILES string of the molecule is O=C(CCn1ncc2ccccc21)NCCCn1cnc2ccccc21. The van der Waals surface area contributed by atoms with Crippen molar-refractivity contribution in [1.82, 2.24) is 24.6 Å². The van der Waals surface area contributed by atoms with Gasteiger partial charge in [-0.1, -0.05) is 30.3 Å². The molecule has 0 aliphatic rings. The molecule has 4 rings (SSSR count). The van der Waals surface area contributed by atoms with Crippen LogP contribution in [0.25, 0.3) is 21.9 Å². The van der Waals surface area contributed by atoms with Gasteiger partial charge in [-0.15, -0.1) is 0 Å². The van der Waals surface area contributed by atoms with Gasteiger partial charge in [-0.05, 0) is 24.6 Å². The third-order valence-corrected chi connectivity index (χ3v) is 4.53. The van der Waals surface area contributed by atoms with Gasteiger partial charge >= 0.3 is 0 Å². The van der Waals surface area contributed by atoms with E-state index in [0.717, 1.165) is 34.9 Å². The molecule has 0 radical (unpaired) electrons. The molecule has 0 saturated carbocycles. The van der Waals surface area contributed by atoms with E-state index in [1.54, 1.807) is 0 Å². The van der Waals surface area contributed by atoms with Gasteiger partial charge in [0.05, 0.1) is 35.6 Å². The van der Waals surface area contributed by atoms with E-state index in [2.05, 4.69) is 26.0 Å². The number of carbonyl (C=O) groups is 1. The Morgan fingerprint density at radius 3 is 2.73 bits per heavy atom. The standard InChI is InChI=1S/C20H21N5O/c26-20(10-13-25-18-8-3-1-6-16(18)14-23-25)21-11-5-12-24-15-22-17-7-2-4-9-19(17)24/h1-4,6-9,14-15H,5,10-13H2,(H,21,26). The van der Waals surface area contributed by atoms with Crippen LogP contribution < -0.4 is 5.32 Å². The fourth-order valence-corrected chi connectivity index (χ4v) is 3.17. The van der Waals surface area contributed by atoms with Crippen molar-refractivity contribution >= 4 is 27.8 Å². The molecular formula is C20H21N5O. The van der Waals surface area contributed by atoms with Gasteiger partial charge < -0.3 is 9.88 Å². The summed E-state index contributed by atoms with van der Waals surface area (Å²) in [5, 5.41) is 8.44. The van der Waals surface area contributed by atoms with E-state index < -0.39 is 0 Å². The highest BCUT2D eigenvalue weighted by atomic mass is 16.1. The number of hydrogen-bond acceptors (Lipinski definition) is 3. The zero-order chi connectivity index (χ0) is 17.8. The second-order valence-electron chi connectivity index (χ2n) is 6.31. The molecule has 6 heteroatoms. The van der Waals surface area contributed by atoms with Crippen molar-refractivity contribution in [2.45, 2.75) is 25.9 Å². The number of imidazole rings is 1. The van der Waals surface area contributed by atoms with Crippen molar-refractivity contribution in [1.29, 1.82) is 0 Å². The van der Waals surface area contributed by atoms with E-state index in [0.29, 0.717) is 19.5 Å². The first-order chi connectivity index (χ1) is 12.8. The molecule has 1 amide bonds. The molecule has 1 N–H and O–H groups in total. The fraction of sp³-hybridized carbons (Fsp3) is 0.250. The minimum Gasteiger partial charge on any atom is -0.356 e. The number of hydrogen-bond donors (Lipinski definition) is 1. The summed E-state index contributed by atoms with van der Waals surface area (Å²) in [5.41, 5.74) is 3.19. The maximum atomic E-state index is 12.1.